The Morgan fingerprint density at radius 1 is 1.73 bits per heavy atom. The Morgan fingerprint density at radius 3 is 2.73 bits per heavy atom. The SMILES string of the molecule is Cc1nc(C=O)c(C(=O)O)o1. The van der Waals surface area contributed by atoms with Gasteiger partial charge >= 0.3 is 5.97 Å². The highest BCUT2D eigenvalue weighted by Crippen LogP contribution is 2.07. The molecule has 1 heterocycles. The monoisotopic (exact) mass is 155 g/mol. The van der Waals surface area contributed by atoms with Crippen molar-refractivity contribution < 1.29 is 19.1 Å². The fourth-order valence-corrected chi connectivity index (χ4v) is 0.676. The molecular formula is C6H5NO4. The molecule has 0 radical (unpaired) electrons. The van der Waals surface area contributed by atoms with Crippen molar-refractivity contribution in [2.24, 2.45) is 0 Å². The molecule has 1 aromatic rings. The Morgan fingerprint density at radius 2 is 2.36 bits per heavy atom. The van der Waals surface area contributed by atoms with Gasteiger partial charge in [0.25, 0.3) is 0 Å². The largest absolute Gasteiger partial charge is 0.475 e. The second-order valence-corrected chi connectivity index (χ2v) is 1.87. The minimum absolute atomic E-state index is 0.171. The molecule has 0 saturated carbocycles. The van der Waals surface area contributed by atoms with E-state index in [0.717, 1.165) is 0 Å². The molecule has 0 aromatic carbocycles. The fourth-order valence-electron chi connectivity index (χ4n) is 0.676. The van der Waals surface area contributed by atoms with Gasteiger partial charge in [0.1, 0.15) is 0 Å². The molecule has 0 saturated heterocycles. The van der Waals surface area contributed by atoms with Crippen LogP contribution in [0.4, 0.5) is 0 Å². The first-order valence-corrected chi connectivity index (χ1v) is 2.81. The van der Waals surface area contributed by atoms with E-state index in [1.807, 2.05) is 0 Å². The van der Waals surface area contributed by atoms with Gasteiger partial charge in [-0.1, -0.05) is 0 Å². The average Bonchev–Trinajstić information content (AvgIpc) is 2.30. The summed E-state index contributed by atoms with van der Waals surface area (Å²) in [7, 11) is 0. The van der Waals surface area contributed by atoms with E-state index in [4.69, 9.17) is 5.11 Å². The Kier molecular flexibility index (Phi) is 1.72. The summed E-state index contributed by atoms with van der Waals surface area (Å²) in [5.74, 6) is -1.52. The Balaban J connectivity index is 3.22. The van der Waals surface area contributed by atoms with E-state index in [0.29, 0.717) is 6.29 Å². The smallest absolute Gasteiger partial charge is 0.374 e. The van der Waals surface area contributed by atoms with Crippen LogP contribution in [-0.4, -0.2) is 22.3 Å². The van der Waals surface area contributed by atoms with E-state index < -0.39 is 11.7 Å². The first-order valence-electron chi connectivity index (χ1n) is 2.81. The first-order chi connectivity index (χ1) is 5.15. The third-order valence-electron chi connectivity index (χ3n) is 1.07. The average molecular weight is 155 g/mol. The normalized spacial score (nSPS) is 9.55. The van der Waals surface area contributed by atoms with Crippen LogP contribution in [-0.2, 0) is 0 Å². The van der Waals surface area contributed by atoms with Crippen LogP contribution in [0.25, 0.3) is 0 Å². The number of oxazole rings is 1. The van der Waals surface area contributed by atoms with Crippen LogP contribution in [0.15, 0.2) is 4.42 Å². The maximum Gasteiger partial charge on any atom is 0.374 e. The summed E-state index contributed by atoms with van der Waals surface area (Å²) in [6.45, 7) is 1.47. The summed E-state index contributed by atoms with van der Waals surface area (Å²) in [4.78, 5) is 24.0. The molecule has 1 N–H and O–H groups in total. The number of carbonyl (C=O) groups is 2. The molecule has 0 bridgehead atoms. The maximum atomic E-state index is 10.3. The molecular weight excluding hydrogens is 150 g/mol. The summed E-state index contributed by atoms with van der Waals surface area (Å²) in [5.41, 5.74) is -0.171. The summed E-state index contributed by atoms with van der Waals surface area (Å²) in [6, 6.07) is 0. The van der Waals surface area contributed by atoms with Crippen molar-refractivity contribution in [2.45, 2.75) is 6.92 Å². The number of nitrogens with zero attached hydrogens (tertiary/aromatic N) is 1. The lowest BCUT2D eigenvalue weighted by molar-refractivity contribution is 0.0657. The Hall–Kier alpha value is -1.65. The predicted octanol–water partition coefficient (Wildman–Crippen LogP) is 0.494. The van der Waals surface area contributed by atoms with Crippen LogP contribution in [0.2, 0.25) is 0 Å². The molecule has 1 aromatic heterocycles. The van der Waals surface area contributed by atoms with Crippen LogP contribution in [0.3, 0.4) is 0 Å². The van der Waals surface area contributed by atoms with E-state index in [1.54, 1.807) is 0 Å². The second kappa shape index (κ2) is 2.53. The van der Waals surface area contributed by atoms with Crippen molar-refractivity contribution in [3.05, 3.63) is 17.3 Å². The van der Waals surface area contributed by atoms with Gasteiger partial charge in [0.15, 0.2) is 17.9 Å². The fraction of sp³-hybridized carbons (Fsp3) is 0.167. The van der Waals surface area contributed by atoms with Crippen LogP contribution < -0.4 is 0 Å². The number of carbonyl (C=O) groups excluding carboxylic acids is 1. The van der Waals surface area contributed by atoms with Crippen LogP contribution >= 0.6 is 0 Å². The molecule has 0 aliphatic rings. The zero-order chi connectivity index (χ0) is 8.43. The zero-order valence-electron chi connectivity index (χ0n) is 5.70. The number of carboxylic acid groups (broad SMARTS) is 1. The molecule has 5 heteroatoms. The topological polar surface area (TPSA) is 80.4 Å². The van der Waals surface area contributed by atoms with Crippen molar-refractivity contribution in [3.8, 4) is 0 Å². The van der Waals surface area contributed by atoms with E-state index in [1.165, 1.54) is 6.92 Å². The quantitative estimate of drug-likeness (QED) is 0.628. The molecule has 0 aliphatic heterocycles. The number of hydrogen-bond donors (Lipinski definition) is 1. The molecule has 1 rings (SSSR count). The lowest BCUT2D eigenvalue weighted by atomic mass is 10.4. The van der Waals surface area contributed by atoms with Crippen LogP contribution in [0.5, 0.6) is 0 Å². The Labute approximate surface area is 61.7 Å². The van der Waals surface area contributed by atoms with Gasteiger partial charge in [-0.15, -0.1) is 0 Å². The summed E-state index contributed by atoms with van der Waals surface area (Å²) >= 11 is 0. The minimum Gasteiger partial charge on any atom is -0.475 e. The van der Waals surface area contributed by atoms with Crippen molar-refractivity contribution in [1.82, 2.24) is 4.98 Å². The lowest BCUT2D eigenvalue weighted by Crippen LogP contribution is -1.98. The van der Waals surface area contributed by atoms with Crippen molar-refractivity contribution in [2.75, 3.05) is 0 Å². The van der Waals surface area contributed by atoms with Crippen LogP contribution in [0, 0.1) is 6.92 Å². The van der Waals surface area contributed by atoms with Crippen molar-refractivity contribution in [3.63, 3.8) is 0 Å². The number of carboxylic acids is 1. The number of aldehydes is 1. The summed E-state index contributed by atoms with van der Waals surface area (Å²) < 4.78 is 4.63. The van der Waals surface area contributed by atoms with Gasteiger partial charge in [0.2, 0.25) is 5.76 Å². The molecule has 0 fully saturated rings. The van der Waals surface area contributed by atoms with Crippen molar-refractivity contribution in [1.29, 1.82) is 0 Å². The van der Waals surface area contributed by atoms with Gasteiger partial charge in [-0.2, -0.15) is 0 Å². The molecule has 0 aliphatic carbocycles. The lowest BCUT2D eigenvalue weighted by Gasteiger charge is -1.83. The van der Waals surface area contributed by atoms with Gasteiger partial charge < -0.3 is 9.52 Å². The predicted molar refractivity (Wildman–Crippen MR) is 33.6 cm³/mol. The molecule has 11 heavy (non-hydrogen) atoms. The Bertz CT molecular complexity index is 302. The molecule has 0 atom stereocenters. The van der Waals surface area contributed by atoms with E-state index in [-0.39, 0.29) is 11.6 Å². The molecule has 0 amide bonds. The number of aromatic carboxylic acids is 1. The van der Waals surface area contributed by atoms with Gasteiger partial charge in [-0.25, -0.2) is 9.78 Å². The minimum atomic E-state index is -1.28. The first kappa shape index (κ1) is 7.46. The number of aromatic nitrogens is 1. The molecule has 58 valence electrons. The second-order valence-electron chi connectivity index (χ2n) is 1.87. The molecule has 0 unspecified atom stereocenters. The van der Waals surface area contributed by atoms with Crippen LogP contribution in [0.1, 0.15) is 26.9 Å². The van der Waals surface area contributed by atoms with Gasteiger partial charge in [-0.3, -0.25) is 4.79 Å². The van der Waals surface area contributed by atoms with E-state index in [9.17, 15) is 9.59 Å². The molecule has 5 nitrogen and oxygen atoms in total. The maximum absolute atomic E-state index is 10.3. The molecule has 0 spiro atoms. The summed E-state index contributed by atoms with van der Waals surface area (Å²) in [6.07, 6.45) is 0.347. The number of rotatable bonds is 2. The third-order valence-corrected chi connectivity index (χ3v) is 1.07. The standard InChI is InChI=1S/C6H5NO4/c1-3-7-4(2-8)5(11-3)6(9)10/h2H,1H3,(H,9,10). The van der Waals surface area contributed by atoms with Gasteiger partial charge in [0, 0.05) is 6.92 Å². The number of aryl methyl sites for hydroxylation is 1. The highest BCUT2D eigenvalue weighted by Gasteiger charge is 2.16. The summed E-state index contributed by atoms with van der Waals surface area (Å²) in [5, 5.41) is 8.42. The highest BCUT2D eigenvalue weighted by atomic mass is 16.4. The van der Waals surface area contributed by atoms with E-state index in [2.05, 4.69) is 9.40 Å². The zero-order valence-corrected chi connectivity index (χ0v) is 5.70. The van der Waals surface area contributed by atoms with Crippen molar-refractivity contribution >= 4 is 12.3 Å². The van der Waals surface area contributed by atoms with Gasteiger partial charge in [-0.05, 0) is 0 Å². The third kappa shape index (κ3) is 1.26. The van der Waals surface area contributed by atoms with Gasteiger partial charge in [0.05, 0.1) is 0 Å². The number of hydrogen-bond acceptors (Lipinski definition) is 4. The van der Waals surface area contributed by atoms with E-state index >= 15 is 0 Å². The highest BCUT2D eigenvalue weighted by molar-refractivity contribution is 5.93.